The van der Waals surface area contributed by atoms with Crippen LogP contribution < -0.4 is 0 Å². The van der Waals surface area contributed by atoms with Gasteiger partial charge in [-0.15, -0.1) is 0 Å². The van der Waals surface area contributed by atoms with E-state index in [4.69, 9.17) is 5.11 Å². The summed E-state index contributed by atoms with van der Waals surface area (Å²) in [6.07, 6.45) is 12.9. The molecule has 134 valence electrons. The number of rotatable bonds is 13. The van der Waals surface area contributed by atoms with Crippen molar-refractivity contribution < 1.29 is 19.5 Å². The lowest BCUT2D eigenvalue weighted by atomic mass is 10.0. The van der Waals surface area contributed by atoms with Gasteiger partial charge < -0.3 is 5.11 Å². The minimum absolute atomic E-state index is 0.142. The Morgan fingerprint density at radius 1 is 1.00 bits per heavy atom. The molecule has 24 heavy (non-hydrogen) atoms. The highest BCUT2D eigenvalue weighted by molar-refractivity contribution is 5.99. The minimum atomic E-state index is -0.750. The maximum atomic E-state index is 12.0. The van der Waals surface area contributed by atoms with Crippen molar-refractivity contribution in [2.75, 3.05) is 0 Å². The lowest BCUT2D eigenvalue weighted by Crippen LogP contribution is -1.97. The monoisotopic (exact) mass is 334 g/mol. The molecule has 0 unspecified atom stereocenters. The first-order valence-corrected chi connectivity index (χ1v) is 9.22. The molecule has 0 atom stereocenters. The molecule has 1 aliphatic carbocycles. The van der Waals surface area contributed by atoms with Gasteiger partial charge in [0.1, 0.15) is 0 Å². The number of Topliss-reactive ketones (excluding diaryl/α,β-unsaturated/α-hetero) is 1. The first-order valence-electron chi connectivity index (χ1n) is 9.22. The molecule has 4 nitrogen and oxygen atoms in total. The van der Waals surface area contributed by atoms with E-state index in [1.807, 2.05) is 6.08 Å². The summed E-state index contributed by atoms with van der Waals surface area (Å²) in [5.74, 6) is -0.401. The molecule has 0 amide bonds. The van der Waals surface area contributed by atoms with Crippen molar-refractivity contribution in [2.45, 2.75) is 84.0 Å². The number of carboxylic acids is 1. The number of allylic oxidation sites excluding steroid dienone is 4. The lowest BCUT2D eigenvalue weighted by Gasteiger charge is -2.03. The van der Waals surface area contributed by atoms with Crippen LogP contribution >= 0.6 is 0 Å². The summed E-state index contributed by atoms with van der Waals surface area (Å²) in [5.41, 5.74) is 1.90. The molecule has 1 N–H and O–H groups in total. The van der Waals surface area contributed by atoms with E-state index < -0.39 is 5.97 Å². The van der Waals surface area contributed by atoms with Gasteiger partial charge in [-0.05, 0) is 49.3 Å². The minimum Gasteiger partial charge on any atom is -0.481 e. The number of hydrogen-bond acceptors (Lipinski definition) is 3. The van der Waals surface area contributed by atoms with E-state index in [1.165, 1.54) is 0 Å². The topological polar surface area (TPSA) is 71.4 Å². The smallest absolute Gasteiger partial charge is 0.303 e. The second kappa shape index (κ2) is 11.8. The molecule has 1 rings (SSSR count). The molecule has 0 bridgehead atoms. The molecule has 0 saturated heterocycles. The molecule has 0 fully saturated rings. The van der Waals surface area contributed by atoms with Crippen molar-refractivity contribution in [2.24, 2.45) is 0 Å². The fourth-order valence-electron chi connectivity index (χ4n) is 2.97. The summed E-state index contributed by atoms with van der Waals surface area (Å²) >= 11 is 0. The summed E-state index contributed by atoms with van der Waals surface area (Å²) < 4.78 is 0. The van der Waals surface area contributed by atoms with Crippen molar-refractivity contribution in [1.29, 1.82) is 0 Å². The summed E-state index contributed by atoms with van der Waals surface area (Å²) in [6.45, 7) is 2.11. The Kier molecular flexibility index (Phi) is 9.97. The van der Waals surface area contributed by atoms with Crippen LogP contribution in [0.1, 0.15) is 84.0 Å². The summed E-state index contributed by atoms with van der Waals surface area (Å²) in [7, 11) is 0. The molecule has 0 saturated carbocycles. The average Bonchev–Trinajstić information content (AvgIpc) is 2.89. The Bertz CT molecular complexity index is 500. The SMILES string of the molecule is CCCCCC(=O)C=CC1=C(CCCCCCC(=O)O)C(=O)CC1. The predicted molar refractivity (Wildman–Crippen MR) is 94.9 cm³/mol. The van der Waals surface area contributed by atoms with Crippen molar-refractivity contribution in [1.82, 2.24) is 0 Å². The molecule has 0 aromatic rings. The van der Waals surface area contributed by atoms with E-state index in [9.17, 15) is 14.4 Å². The standard InChI is InChI=1S/C20H30O4/c1-2-3-6-9-17(21)14-12-16-13-15-19(22)18(16)10-7-4-5-8-11-20(23)24/h12,14H,2-11,13,15H2,1H3,(H,23,24). The molecule has 0 aromatic carbocycles. The highest BCUT2D eigenvalue weighted by atomic mass is 16.4. The Hall–Kier alpha value is -1.71. The number of unbranched alkanes of at least 4 members (excludes halogenated alkanes) is 5. The van der Waals surface area contributed by atoms with Crippen molar-refractivity contribution in [3.63, 3.8) is 0 Å². The Balaban J connectivity index is 2.40. The highest BCUT2D eigenvalue weighted by Gasteiger charge is 2.20. The molecule has 4 heteroatoms. The summed E-state index contributed by atoms with van der Waals surface area (Å²) in [5, 5.41) is 8.60. The zero-order chi connectivity index (χ0) is 17.8. The van der Waals surface area contributed by atoms with Crippen LogP contribution in [0.2, 0.25) is 0 Å². The number of carbonyl (C=O) groups excluding carboxylic acids is 2. The van der Waals surface area contributed by atoms with Gasteiger partial charge >= 0.3 is 5.97 Å². The van der Waals surface area contributed by atoms with Gasteiger partial charge in [0.2, 0.25) is 0 Å². The van der Waals surface area contributed by atoms with E-state index in [0.717, 1.165) is 62.5 Å². The van der Waals surface area contributed by atoms with Crippen molar-refractivity contribution in [3.8, 4) is 0 Å². The van der Waals surface area contributed by atoms with Gasteiger partial charge in [0.15, 0.2) is 11.6 Å². The molecule has 0 radical (unpaired) electrons. The first-order chi connectivity index (χ1) is 11.5. The van der Waals surface area contributed by atoms with Crippen LogP contribution in [0.25, 0.3) is 0 Å². The summed E-state index contributed by atoms with van der Waals surface area (Å²) in [4.78, 5) is 34.3. The number of carbonyl (C=O) groups is 3. The molecular weight excluding hydrogens is 304 g/mol. The Labute approximate surface area is 145 Å². The van der Waals surface area contributed by atoms with Gasteiger partial charge in [-0.1, -0.05) is 38.7 Å². The van der Waals surface area contributed by atoms with Gasteiger partial charge in [-0.2, -0.15) is 0 Å². The number of ketones is 2. The van der Waals surface area contributed by atoms with E-state index in [1.54, 1.807) is 6.08 Å². The number of aliphatic carboxylic acids is 1. The molecular formula is C20H30O4. The molecule has 0 aliphatic heterocycles. The fraction of sp³-hybridized carbons (Fsp3) is 0.650. The van der Waals surface area contributed by atoms with E-state index in [2.05, 4.69) is 6.92 Å². The molecule has 1 aliphatic rings. The molecule has 0 aromatic heterocycles. The van der Waals surface area contributed by atoms with Gasteiger partial charge in [0.05, 0.1) is 0 Å². The average molecular weight is 334 g/mol. The third-order valence-corrected chi connectivity index (χ3v) is 4.41. The van der Waals surface area contributed by atoms with Crippen molar-refractivity contribution in [3.05, 3.63) is 23.3 Å². The van der Waals surface area contributed by atoms with Crippen LogP contribution in [-0.4, -0.2) is 22.6 Å². The quantitative estimate of drug-likeness (QED) is 0.389. The Morgan fingerprint density at radius 2 is 1.71 bits per heavy atom. The second-order valence-corrected chi connectivity index (χ2v) is 6.49. The second-order valence-electron chi connectivity index (χ2n) is 6.49. The van der Waals surface area contributed by atoms with Crippen LogP contribution in [0.15, 0.2) is 23.3 Å². The first kappa shape index (κ1) is 20.3. The highest BCUT2D eigenvalue weighted by Crippen LogP contribution is 2.28. The van der Waals surface area contributed by atoms with Gasteiger partial charge in [-0.25, -0.2) is 0 Å². The maximum absolute atomic E-state index is 12.0. The van der Waals surface area contributed by atoms with E-state index in [0.29, 0.717) is 19.3 Å². The van der Waals surface area contributed by atoms with Gasteiger partial charge in [-0.3, -0.25) is 14.4 Å². The number of hydrogen-bond donors (Lipinski definition) is 1. The Morgan fingerprint density at radius 3 is 2.42 bits per heavy atom. The lowest BCUT2D eigenvalue weighted by molar-refractivity contribution is -0.137. The predicted octanol–water partition coefficient (Wildman–Crippen LogP) is 4.78. The van der Waals surface area contributed by atoms with E-state index in [-0.39, 0.29) is 18.0 Å². The largest absolute Gasteiger partial charge is 0.481 e. The maximum Gasteiger partial charge on any atom is 0.303 e. The molecule has 0 spiro atoms. The van der Waals surface area contributed by atoms with Crippen LogP contribution in [0.3, 0.4) is 0 Å². The summed E-state index contributed by atoms with van der Waals surface area (Å²) in [6, 6.07) is 0. The van der Waals surface area contributed by atoms with Crippen LogP contribution in [0.4, 0.5) is 0 Å². The zero-order valence-corrected chi connectivity index (χ0v) is 14.8. The normalized spacial score (nSPS) is 14.8. The van der Waals surface area contributed by atoms with E-state index >= 15 is 0 Å². The zero-order valence-electron chi connectivity index (χ0n) is 14.8. The third-order valence-electron chi connectivity index (χ3n) is 4.41. The van der Waals surface area contributed by atoms with Crippen molar-refractivity contribution >= 4 is 17.5 Å². The third kappa shape index (κ3) is 8.23. The van der Waals surface area contributed by atoms with Crippen LogP contribution in [0, 0.1) is 0 Å². The van der Waals surface area contributed by atoms with Crippen LogP contribution in [0.5, 0.6) is 0 Å². The van der Waals surface area contributed by atoms with Gasteiger partial charge in [0.25, 0.3) is 0 Å². The van der Waals surface area contributed by atoms with Crippen LogP contribution in [-0.2, 0) is 14.4 Å². The number of carboxylic acid groups (broad SMARTS) is 1. The fourth-order valence-corrected chi connectivity index (χ4v) is 2.97. The van der Waals surface area contributed by atoms with Gasteiger partial charge in [0, 0.05) is 19.3 Å². The molecule has 0 heterocycles.